The second-order valence-electron chi connectivity index (χ2n) is 8.42. The normalized spacial score (nSPS) is 14.2. The molecule has 0 N–H and O–H groups in total. The molecule has 3 rings (SSSR count). The fourth-order valence-electron chi connectivity index (χ4n) is 3.45. The molecule has 0 aliphatic carbocycles. The van der Waals surface area contributed by atoms with E-state index in [1.807, 2.05) is 119 Å². The summed E-state index contributed by atoms with van der Waals surface area (Å²) >= 11 is 0. The lowest BCUT2D eigenvalue weighted by Gasteiger charge is -2.38. The molecule has 31 heavy (non-hydrogen) atoms. The van der Waals surface area contributed by atoms with Gasteiger partial charge in [-0.3, -0.25) is 4.57 Å². The summed E-state index contributed by atoms with van der Waals surface area (Å²) in [6, 6.07) is 28.9. The molecule has 0 fully saturated rings. The van der Waals surface area contributed by atoms with E-state index in [-0.39, 0.29) is 6.16 Å². The third-order valence-corrected chi connectivity index (χ3v) is 7.45. The highest BCUT2D eigenvalue weighted by Gasteiger charge is 2.46. The summed E-state index contributed by atoms with van der Waals surface area (Å²) in [5, 5.41) is 0.660. The molecule has 0 aliphatic heterocycles. The van der Waals surface area contributed by atoms with Gasteiger partial charge in [-0.25, -0.2) is 9.78 Å². The molecule has 0 bridgehead atoms. The van der Waals surface area contributed by atoms with E-state index in [0.717, 1.165) is 11.1 Å². The van der Waals surface area contributed by atoms with Gasteiger partial charge in [0.05, 0.1) is 18.4 Å². The van der Waals surface area contributed by atoms with Crippen LogP contribution in [0.25, 0.3) is 0 Å². The van der Waals surface area contributed by atoms with Crippen molar-refractivity contribution in [3.63, 3.8) is 0 Å². The summed E-state index contributed by atoms with van der Waals surface area (Å²) < 4.78 is 20.3. The van der Waals surface area contributed by atoms with Crippen LogP contribution in [0.1, 0.15) is 38.8 Å². The third-order valence-electron chi connectivity index (χ3n) is 4.83. The molecular formula is C26H31O4P. The Labute approximate surface area is 185 Å². The van der Waals surface area contributed by atoms with Crippen LogP contribution >= 0.6 is 7.37 Å². The predicted octanol–water partition coefficient (Wildman–Crippen LogP) is 6.32. The van der Waals surface area contributed by atoms with Crippen LogP contribution in [0.2, 0.25) is 0 Å². The zero-order valence-electron chi connectivity index (χ0n) is 18.7. The van der Waals surface area contributed by atoms with Crippen molar-refractivity contribution in [2.75, 3.05) is 12.8 Å². The maximum absolute atomic E-state index is 14.3. The molecule has 0 spiro atoms. The van der Waals surface area contributed by atoms with Crippen molar-refractivity contribution in [1.29, 1.82) is 0 Å². The van der Waals surface area contributed by atoms with Gasteiger partial charge in [0.25, 0.3) is 0 Å². The van der Waals surface area contributed by atoms with Crippen LogP contribution in [-0.4, -0.2) is 18.4 Å². The van der Waals surface area contributed by atoms with E-state index >= 15 is 0 Å². The number of hydrogen-bond acceptors (Lipinski definition) is 4. The van der Waals surface area contributed by atoms with Gasteiger partial charge in [-0.2, -0.15) is 0 Å². The van der Waals surface area contributed by atoms with E-state index < -0.39 is 18.6 Å². The lowest BCUT2D eigenvalue weighted by molar-refractivity contribution is -0.395. The Balaban J connectivity index is 2.21. The zero-order chi connectivity index (χ0) is 22.4. The topological polar surface area (TPSA) is 44.8 Å². The maximum atomic E-state index is 14.3. The van der Waals surface area contributed by atoms with Crippen molar-refractivity contribution in [3.05, 3.63) is 102 Å². The lowest BCUT2D eigenvalue weighted by Crippen LogP contribution is -2.39. The first-order valence-electron chi connectivity index (χ1n) is 10.6. The van der Waals surface area contributed by atoms with Gasteiger partial charge in [0.15, 0.2) is 5.60 Å². The summed E-state index contributed by atoms with van der Waals surface area (Å²) in [5.41, 5.74) is 0.00986. The molecule has 0 radical (unpaired) electrons. The average Bonchev–Trinajstić information content (AvgIpc) is 2.78. The second kappa shape index (κ2) is 9.93. The van der Waals surface area contributed by atoms with Gasteiger partial charge in [-0.05, 0) is 51.0 Å². The molecule has 0 saturated heterocycles. The molecule has 3 aromatic rings. The number of rotatable bonds is 9. The lowest BCUT2D eigenvalue weighted by atomic mass is 9.88. The minimum absolute atomic E-state index is 0.0992. The highest BCUT2D eigenvalue weighted by molar-refractivity contribution is 7.67. The Morgan fingerprint density at radius 2 is 1.16 bits per heavy atom. The van der Waals surface area contributed by atoms with Crippen LogP contribution in [0.4, 0.5) is 0 Å². The Hall–Kier alpha value is -2.23. The highest BCUT2D eigenvalue weighted by Crippen LogP contribution is 2.53. The molecule has 0 saturated carbocycles. The molecule has 0 heterocycles. The van der Waals surface area contributed by atoms with Crippen LogP contribution in [0.5, 0.6) is 0 Å². The first-order valence-corrected chi connectivity index (χ1v) is 12.4. The van der Waals surface area contributed by atoms with E-state index in [0.29, 0.717) is 11.9 Å². The van der Waals surface area contributed by atoms with Crippen molar-refractivity contribution < 1.29 is 18.9 Å². The first kappa shape index (κ1) is 23.4. The minimum atomic E-state index is -3.31. The van der Waals surface area contributed by atoms with Gasteiger partial charge < -0.3 is 4.52 Å². The zero-order valence-corrected chi connectivity index (χ0v) is 19.5. The number of benzene rings is 3. The van der Waals surface area contributed by atoms with Crippen LogP contribution in [0.15, 0.2) is 91.0 Å². The fourth-order valence-corrected chi connectivity index (χ4v) is 5.92. The van der Waals surface area contributed by atoms with Crippen molar-refractivity contribution in [2.24, 2.45) is 0 Å². The molecule has 1 unspecified atom stereocenters. The molecular weight excluding hydrogens is 407 g/mol. The smallest absolute Gasteiger partial charge is 0.235 e. The molecule has 164 valence electrons. The summed E-state index contributed by atoms with van der Waals surface area (Å²) in [5.74, 6) is 0. The van der Waals surface area contributed by atoms with Crippen LogP contribution < -0.4 is 5.30 Å². The SMILES string of the molecule is CCOP(=O)(CC(OOC(C)(C)C)(c1ccccc1)c1ccccc1)c1ccccc1. The minimum Gasteiger partial charge on any atom is -0.325 e. The third kappa shape index (κ3) is 5.72. The Kier molecular flexibility index (Phi) is 7.51. The molecule has 3 aromatic carbocycles. The largest absolute Gasteiger partial charge is 0.325 e. The molecule has 5 heteroatoms. The van der Waals surface area contributed by atoms with Crippen LogP contribution in [0.3, 0.4) is 0 Å². The summed E-state index contributed by atoms with van der Waals surface area (Å²) in [4.78, 5) is 12.2. The van der Waals surface area contributed by atoms with Crippen molar-refractivity contribution >= 4 is 12.7 Å². The maximum Gasteiger partial charge on any atom is 0.235 e. The van der Waals surface area contributed by atoms with E-state index in [2.05, 4.69) is 0 Å². The van der Waals surface area contributed by atoms with E-state index in [4.69, 9.17) is 14.3 Å². The molecule has 0 aromatic heterocycles. The first-order chi connectivity index (χ1) is 14.8. The molecule has 1 atom stereocenters. The Bertz CT molecular complexity index is 943. The monoisotopic (exact) mass is 438 g/mol. The predicted molar refractivity (Wildman–Crippen MR) is 126 cm³/mol. The molecule has 4 nitrogen and oxygen atoms in total. The van der Waals surface area contributed by atoms with Crippen molar-refractivity contribution in [3.8, 4) is 0 Å². The van der Waals surface area contributed by atoms with Gasteiger partial charge in [-0.15, -0.1) is 0 Å². The van der Waals surface area contributed by atoms with E-state index in [1.54, 1.807) is 0 Å². The molecule has 0 aliphatic rings. The average molecular weight is 439 g/mol. The summed E-state index contributed by atoms with van der Waals surface area (Å²) in [7, 11) is -3.31. The van der Waals surface area contributed by atoms with Gasteiger partial charge in [0.1, 0.15) is 0 Å². The Morgan fingerprint density at radius 1 is 0.710 bits per heavy atom. The summed E-state index contributed by atoms with van der Waals surface area (Å²) in [6.45, 7) is 7.95. The highest BCUT2D eigenvalue weighted by atomic mass is 31.2. The second-order valence-corrected chi connectivity index (χ2v) is 10.9. The van der Waals surface area contributed by atoms with Crippen LogP contribution in [0, 0.1) is 0 Å². The van der Waals surface area contributed by atoms with Crippen molar-refractivity contribution in [1.82, 2.24) is 0 Å². The Morgan fingerprint density at radius 3 is 1.58 bits per heavy atom. The van der Waals surface area contributed by atoms with E-state index in [1.165, 1.54) is 0 Å². The van der Waals surface area contributed by atoms with Crippen LogP contribution in [-0.2, 0) is 24.5 Å². The van der Waals surface area contributed by atoms with Crippen molar-refractivity contribution in [2.45, 2.75) is 38.9 Å². The van der Waals surface area contributed by atoms with Gasteiger partial charge in [0.2, 0.25) is 7.37 Å². The quantitative estimate of drug-likeness (QED) is 0.223. The fraction of sp³-hybridized carbons (Fsp3) is 0.308. The van der Waals surface area contributed by atoms with Gasteiger partial charge in [-0.1, -0.05) is 78.9 Å². The standard InChI is InChI=1S/C26H31O4P/c1-5-28-31(27,24-19-13-8-14-20-24)21-26(30-29-25(2,3)4,22-15-9-6-10-16-22)23-17-11-7-12-18-23/h6-20H,5,21H2,1-4H3. The molecule has 0 amide bonds. The summed E-state index contributed by atoms with van der Waals surface area (Å²) in [6.07, 6.45) is 0.0992. The number of hydrogen-bond donors (Lipinski definition) is 0. The van der Waals surface area contributed by atoms with E-state index in [9.17, 15) is 4.57 Å². The van der Waals surface area contributed by atoms with Gasteiger partial charge >= 0.3 is 0 Å². The van der Waals surface area contributed by atoms with Gasteiger partial charge in [0, 0.05) is 5.30 Å².